The largest absolute Gasteiger partial charge is 0.472 e. The Morgan fingerprint density at radius 2 is 0.531 bits per heavy atom. The molecule has 0 amide bonds. The van der Waals surface area contributed by atoms with Crippen LogP contribution in [0.5, 0.6) is 0 Å². The van der Waals surface area contributed by atoms with E-state index in [1.54, 1.807) is 0 Å². The van der Waals surface area contributed by atoms with Crippen LogP contribution in [0.4, 0.5) is 0 Å². The predicted octanol–water partition coefficient (Wildman–Crippen LogP) is 22.0. The quantitative estimate of drug-likeness (QED) is 0.0169. The van der Waals surface area contributed by atoms with Crippen molar-refractivity contribution in [2.75, 3.05) is 39.6 Å². The number of aliphatic hydroxyl groups is 1. The molecule has 0 saturated carbocycles. The number of aliphatic hydroxyl groups excluding tert-OH is 1. The predicted molar refractivity (Wildman–Crippen MR) is 399 cm³/mol. The van der Waals surface area contributed by atoms with Crippen LogP contribution < -0.4 is 0 Å². The summed E-state index contributed by atoms with van der Waals surface area (Å²) in [6.07, 6.45) is 73.9. The summed E-state index contributed by atoms with van der Waals surface area (Å²) in [6, 6.07) is 0. The van der Waals surface area contributed by atoms with Gasteiger partial charge >= 0.3 is 39.5 Å². The highest BCUT2D eigenvalue weighted by Crippen LogP contribution is 2.45. The fourth-order valence-corrected chi connectivity index (χ4v) is 11.8. The fraction of sp³-hybridized carbons (Fsp3) is 0.747. The number of rotatable bonds is 72. The molecule has 0 aliphatic rings. The summed E-state index contributed by atoms with van der Waals surface area (Å²) in [5, 5.41) is 10.6. The molecule has 0 fully saturated rings. The average Bonchev–Trinajstić information content (AvgIpc) is 1.04. The van der Waals surface area contributed by atoms with E-state index in [4.69, 9.17) is 37.0 Å². The third-order valence-electron chi connectivity index (χ3n) is 16.0. The molecule has 0 radical (unpaired) electrons. The number of hydrogen-bond donors (Lipinski definition) is 3. The third-order valence-corrected chi connectivity index (χ3v) is 17.9. The Morgan fingerprint density at radius 3 is 0.837 bits per heavy atom. The lowest BCUT2D eigenvalue weighted by molar-refractivity contribution is -0.161. The van der Waals surface area contributed by atoms with Crippen molar-refractivity contribution in [3.05, 3.63) is 97.2 Å². The van der Waals surface area contributed by atoms with Gasteiger partial charge in [0.15, 0.2) is 12.2 Å². The van der Waals surface area contributed by atoms with Crippen LogP contribution in [-0.4, -0.2) is 96.7 Å². The molecule has 0 aliphatic carbocycles. The Hall–Kier alpha value is -4.02. The van der Waals surface area contributed by atoms with Crippen LogP contribution in [0.1, 0.15) is 323 Å². The van der Waals surface area contributed by atoms with Gasteiger partial charge in [0.05, 0.1) is 26.4 Å². The van der Waals surface area contributed by atoms with Gasteiger partial charge in [-0.2, -0.15) is 0 Å². The van der Waals surface area contributed by atoms with Gasteiger partial charge in [-0.05, 0) is 122 Å². The van der Waals surface area contributed by atoms with E-state index >= 15 is 0 Å². The molecule has 566 valence electrons. The van der Waals surface area contributed by atoms with Crippen molar-refractivity contribution in [3.8, 4) is 0 Å². The minimum Gasteiger partial charge on any atom is -0.462 e. The number of esters is 4. The molecule has 5 atom stereocenters. The van der Waals surface area contributed by atoms with Gasteiger partial charge < -0.3 is 33.8 Å². The van der Waals surface area contributed by atoms with Crippen LogP contribution in [-0.2, 0) is 65.4 Å². The maximum atomic E-state index is 13.1. The van der Waals surface area contributed by atoms with E-state index in [9.17, 15) is 43.2 Å². The highest BCUT2D eigenvalue weighted by molar-refractivity contribution is 7.47. The highest BCUT2D eigenvalue weighted by Gasteiger charge is 2.30. The SMILES string of the molecule is CC/C=C\C/C=C\C/C=C\CCCCCCCC(=O)OCC(COP(=O)(O)OCC(O)COP(=O)(O)OCC(COC(=O)CCCCCCC/C=C\C/C=C\C/C=C\CC)OC(=O)CCCCCCCCCCCCCCC)OC(=O)CCCCCCC/C=C\C/C=C\CCCCC. The van der Waals surface area contributed by atoms with E-state index in [2.05, 4.69) is 125 Å². The Balaban J connectivity index is 5.37. The number of unbranched alkanes of at least 4 members (excludes halogenated alkanes) is 30. The van der Waals surface area contributed by atoms with Crippen LogP contribution >= 0.6 is 15.6 Å². The minimum absolute atomic E-state index is 0.0751. The molecular weight excluding hydrogens is 1280 g/mol. The molecule has 17 nitrogen and oxygen atoms in total. The summed E-state index contributed by atoms with van der Waals surface area (Å²) in [6.45, 7) is 4.60. The Labute approximate surface area is 595 Å². The summed E-state index contributed by atoms with van der Waals surface area (Å²) >= 11 is 0. The van der Waals surface area contributed by atoms with Crippen LogP contribution in [0.25, 0.3) is 0 Å². The Morgan fingerprint density at radius 1 is 0.296 bits per heavy atom. The molecule has 3 N–H and O–H groups in total. The molecule has 0 heterocycles. The number of carbonyl (C=O) groups is 4. The molecule has 0 spiro atoms. The number of phosphoric acid groups is 2. The van der Waals surface area contributed by atoms with Gasteiger partial charge in [0.1, 0.15) is 19.3 Å². The van der Waals surface area contributed by atoms with Crippen molar-refractivity contribution >= 4 is 39.5 Å². The van der Waals surface area contributed by atoms with Gasteiger partial charge in [0.25, 0.3) is 0 Å². The molecule has 0 aliphatic heterocycles. The van der Waals surface area contributed by atoms with Crippen LogP contribution in [0.2, 0.25) is 0 Å². The number of phosphoric ester groups is 2. The van der Waals surface area contributed by atoms with E-state index in [1.165, 1.54) is 70.6 Å². The summed E-state index contributed by atoms with van der Waals surface area (Å²) in [5.41, 5.74) is 0. The lowest BCUT2D eigenvalue weighted by Gasteiger charge is -2.21. The Bertz CT molecular complexity index is 2240. The topological polar surface area (TPSA) is 237 Å². The molecule has 98 heavy (non-hydrogen) atoms. The first-order chi connectivity index (χ1) is 47.7. The number of allylic oxidation sites excluding steroid dienone is 16. The zero-order chi connectivity index (χ0) is 71.8. The van der Waals surface area contributed by atoms with Gasteiger partial charge in [0.2, 0.25) is 0 Å². The first kappa shape index (κ1) is 94.0. The van der Waals surface area contributed by atoms with Crippen LogP contribution in [0.15, 0.2) is 97.2 Å². The zero-order valence-corrected chi connectivity index (χ0v) is 63.5. The van der Waals surface area contributed by atoms with E-state index in [-0.39, 0.29) is 25.7 Å². The fourth-order valence-electron chi connectivity index (χ4n) is 10.2. The number of ether oxygens (including phenoxy) is 4. The number of hydrogen-bond acceptors (Lipinski definition) is 15. The lowest BCUT2D eigenvalue weighted by atomic mass is 10.0. The Kier molecular flexibility index (Phi) is 68.4. The van der Waals surface area contributed by atoms with Gasteiger partial charge in [-0.1, -0.05) is 273 Å². The third kappa shape index (κ3) is 70.4. The maximum Gasteiger partial charge on any atom is 0.472 e. The van der Waals surface area contributed by atoms with Crippen molar-refractivity contribution in [3.63, 3.8) is 0 Å². The van der Waals surface area contributed by atoms with E-state index in [1.807, 2.05) is 0 Å². The zero-order valence-electron chi connectivity index (χ0n) is 61.7. The first-order valence-electron chi connectivity index (χ1n) is 38.5. The van der Waals surface area contributed by atoms with Crippen molar-refractivity contribution in [2.24, 2.45) is 0 Å². The van der Waals surface area contributed by atoms with E-state index in [0.29, 0.717) is 25.7 Å². The minimum atomic E-state index is -4.98. The molecule has 5 unspecified atom stereocenters. The molecule has 0 aromatic heterocycles. The molecule has 0 aromatic carbocycles. The summed E-state index contributed by atoms with van der Waals surface area (Å²) in [7, 11) is -9.96. The highest BCUT2D eigenvalue weighted by atomic mass is 31.2. The van der Waals surface area contributed by atoms with E-state index < -0.39 is 97.5 Å². The summed E-state index contributed by atoms with van der Waals surface area (Å²) < 4.78 is 68.5. The maximum absolute atomic E-state index is 13.1. The molecule has 0 aromatic rings. The average molecular weight is 1420 g/mol. The normalized spacial score (nSPS) is 14.5. The second-order valence-corrected chi connectivity index (χ2v) is 28.4. The second kappa shape index (κ2) is 71.4. The van der Waals surface area contributed by atoms with Gasteiger partial charge in [-0.15, -0.1) is 0 Å². The molecule has 0 bridgehead atoms. The van der Waals surface area contributed by atoms with Crippen molar-refractivity contribution in [1.82, 2.24) is 0 Å². The van der Waals surface area contributed by atoms with Crippen molar-refractivity contribution in [2.45, 2.75) is 341 Å². The van der Waals surface area contributed by atoms with Crippen molar-refractivity contribution < 1.29 is 80.2 Å². The van der Waals surface area contributed by atoms with Crippen LogP contribution in [0.3, 0.4) is 0 Å². The van der Waals surface area contributed by atoms with Gasteiger partial charge in [-0.3, -0.25) is 37.3 Å². The summed E-state index contributed by atoms with van der Waals surface area (Å²) in [4.78, 5) is 72.9. The second-order valence-electron chi connectivity index (χ2n) is 25.5. The van der Waals surface area contributed by atoms with Crippen LogP contribution in [0, 0.1) is 0 Å². The molecular formula is C79H138O17P2. The first-order valence-corrected chi connectivity index (χ1v) is 41.5. The standard InChI is InChI=1S/C79H138O17P2/c1-5-9-13-17-21-25-29-33-36-40-43-47-51-55-59-63-76(81)89-69-74(95-78(83)65-61-57-53-49-45-39-32-28-24-20-16-12-8-4)71-93-97(85,86)91-67-73(80)68-92-98(87,88)94-72-75(96-79(84)66-62-58-54-50-46-42-38-35-31-27-23-19-15-11-7-3)70-90-77(82)64-60-56-52-48-44-41-37-34-30-26-22-18-14-10-6-2/h9-10,13-14,21-23,25-27,33-38,73-75,80H,5-8,11-12,15-20,24,28-32,39-72H2,1-4H3,(H,85,86)(H,87,88)/b13-9-,14-10-,25-21-,26-22-,27-23-,36-33-,37-34-,38-35-. The smallest absolute Gasteiger partial charge is 0.462 e. The summed E-state index contributed by atoms with van der Waals surface area (Å²) in [5.74, 6) is -2.21. The monoisotopic (exact) mass is 1420 g/mol. The lowest BCUT2D eigenvalue weighted by Crippen LogP contribution is -2.30. The number of carbonyl (C=O) groups excluding carboxylic acids is 4. The van der Waals surface area contributed by atoms with E-state index in [0.717, 1.165) is 173 Å². The van der Waals surface area contributed by atoms with Gasteiger partial charge in [0, 0.05) is 25.7 Å². The molecule has 19 heteroatoms. The van der Waals surface area contributed by atoms with Crippen molar-refractivity contribution in [1.29, 1.82) is 0 Å². The van der Waals surface area contributed by atoms with Gasteiger partial charge in [-0.25, -0.2) is 9.13 Å². The molecule has 0 saturated heterocycles. The molecule has 0 rings (SSSR count).